The molecule has 0 heterocycles. The Hall–Kier alpha value is -1.49. The van der Waals surface area contributed by atoms with Gasteiger partial charge in [-0.1, -0.05) is 36.0 Å². The summed E-state index contributed by atoms with van der Waals surface area (Å²) in [7, 11) is 0. The summed E-state index contributed by atoms with van der Waals surface area (Å²) in [4.78, 5) is 0.768. The molecule has 0 bridgehead atoms. The van der Waals surface area contributed by atoms with Crippen molar-refractivity contribution in [1.82, 2.24) is 0 Å². The molecular formula is C26H30F4S. The zero-order valence-corrected chi connectivity index (χ0v) is 18.5. The van der Waals surface area contributed by atoms with Crippen molar-refractivity contribution in [2.24, 2.45) is 17.8 Å². The highest BCUT2D eigenvalue weighted by Gasteiger charge is 2.36. The second-order valence-electron chi connectivity index (χ2n) is 9.19. The average molecular weight is 451 g/mol. The molecule has 2 aromatic rings. The van der Waals surface area contributed by atoms with E-state index in [4.69, 9.17) is 0 Å². The maximum absolute atomic E-state index is 14.8. The fourth-order valence-electron chi connectivity index (χ4n) is 5.53. The SMILES string of the molecule is Fc1ccc(C2CCC(C3CCC([C@@H](F)[C@@H](F)Sc4ccccc4)CC3)CC2)cc1F. The van der Waals surface area contributed by atoms with Gasteiger partial charge in [-0.05, 0) is 105 Å². The third kappa shape index (κ3) is 5.66. The quantitative estimate of drug-likeness (QED) is 0.314. The number of halogens is 4. The highest BCUT2D eigenvalue weighted by Crippen LogP contribution is 2.45. The van der Waals surface area contributed by atoms with Crippen LogP contribution >= 0.6 is 11.8 Å². The predicted octanol–water partition coefficient (Wildman–Crippen LogP) is 8.47. The Labute approximate surface area is 186 Å². The maximum atomic E-state index is 14.8. The molecule has 31 heavy (non-hydrogen) atoms. The molecule has 0 spiro atoms. The summed E-state index contributed by atoms with van der Waals surface area (Å²) in [6.45, 7) is 0. The van der Waals surface area contributed by atoms with Crippen LogP contribution in [0.3, 0.4) is 0 Å². The summed E-state index contributed by atoms with van der Waals surface area (Å²) in [5.41, 5.74) is -0.623. The summed E-state index contributed by atoms with van der Waals surface area (Å²) >= 11 is 0.982. The van der Waals surface area contributed by atoms with Crippen molar-refractivity contribution < 1.29 is 17.6 Å². The summed E-state index contributed by atoms with van der Waals surface area (Å²) in [6, 6.07) is 13.5. The molecule has 0 aromatic heterocycles. The van der Waals surface area contributed by atoms with Gasteiger partial charge in [0, 0.05) is 4.90 Å². The molecule has 168 valence electrons. The lowest BCUT2D eigenvalue weighted by atomic mass is 9.68. The van der Waals surface area contributed by atoms with Gasteiger partial charge in [0.15, 0.2) is 17.1 Å². The Morgan fingerprint density at radius 2 is 1.32 bits per heavy atom. The van der Waals surface area contributed by atoms with Gasteiger partial charge < -0.3 is 0 Å². The number of benzene rings is 2. The van der Waals surface area contributed by atoms with Crippen molar-refractivity contribution in [2.45, 2.75) is 73.9 Å². The number of hydrogen-bond acceptors (Lipinski definition) is 1. The normalized spacial score (nSPS) is 28.8. The van der Waals surface area contributed by atoms with E-state index in [0.717, 1.165) is 73.6 Å². The molecule has 0 saturated heterocycles. The van der Waals surface area contributed by atoms with Crippen molar-refractivity contribution in [3.8, 4) is 0 Å². The third-order valence-corrected chi connectivity index (χ3v) is 8.39. The van der Waals surface area contributed by atoms with Gasteiger partial charge in [-0.3, -0.25) is 0 Å². The molecule has 0 N–H and O–H groups in total. The zero-order valence-electron chi connectivity index (χ0n) is 17.7. The Morgan fingerprint density at radius 1 is 0.710 bits per heavy atom. The molecule has 0 amide bonds. The van der Waals surface area contributed by atoms with Crippen LogP contribution in [0.4, 0.5) is 17.6 Å². The standard InChI is InChI=1S/C26H30F4S/c27-23-15-14-21(16-24(23)28)19-8-6-17(7-9-19)18-10-12-20(13-11-18)25(29)26(30)31-22-4-2-1-3-5-22/h1-5,14-20,25-26H,6-13H2/t17?,18?,19?,20?,25-,26+/m1/s1. The predicted molar refractivity (Wildman–Crippen MR) is 119 cm³/mol. The Morgan fingerprint density at radius 3 is 1.94 bits per heavy atom. The van der Waals surface area contributed by atoms with E-state index in [1.807, 2.05) is 30.3 Å². The molecule has 0 unspecified atom stereocenters. The van der Waals surface area contributed by atoms with Gasteiger partial charge in [0.1, 0.15) is 6.17 Å². The highest BCUT2D eigenvalue weighted by molar-refractivity contribution is 7.99. The highest BCUT2D eigenvalue weighted by atomic mass is 32.2. The van der Waals surface area contributed by atoms with E-state index in [1.54, 1.807) is 6.07 Å². The van der Waals surface area contributed by atoms with Gasteiger partial charge >= 0.3 is 0 Å². The molecule has 2 aliphatic carbocycles. The Bertz CT molecular complexity index is 827. The Balaban J connectivity index is 1.23. The van der Waals surface area contributed by atoms with E-state index in [1.165, 1.54) is 12.1 Å². The minimum absolute atomic E-state index is 0.194. The largest absolute Gasteiger partial charge is 0.243 e. The van der Waals surface area contributed by atoms with Crippen LogP contribution in [-0.2, 0) is 0 Å². The van der Waals surface area contributed by atoms with Crippen LogP contribution in [0.25, 0.3) is 0 Å². The summed E-state index contributed by atoms with van der Waals surface area (Å²) in [5.74, 6) is -0.274. The number of alkyl halides is 2. The maximum Gasteiger partial charge on any atom is 0.181 e. The fraction of sp³-hybridized carbons (Fsp3) is 0.538. The van der Waals surface area contributed by atoms with Crippen molar-refractivity contribution in [1.29, 1.82) is 0 Å². The number of rotatable bonds is 6. The van der Waals surface area contributed by atoms with Gasteiger partial charge in [0.2, 0.25) is 0 Å². The molecule has 2 aliphatic rings. The number of thioether (sulfide) groups is 1. The van der Waals surface area contributed by atoms with E-state index in [2.05, 4.69) is 0 Å². The lowest BCUT2D eigenvalue weighted by Crippen LogP contribution is -2.31. The smallest absolute Gasteiger partial charge is 0.181 e. The van der Waals surface area contributed by atoms with Crippen molar-refractivity contribution in [2.75, 3.05) is 0 Å². The first-order chi connectivity index (χ1) is 15.0. The lowest BCUT2D eigenvalue weighted by Gasteiger charge is -2.39. The topological polar surface area (TPSA) is 0 Å². The average Bonchev–Trinajstić information content (AvgIpc) is 2.81. The molecule has 0 aliphatic heterocycles. The molecule has 0 nitrogen and oxygen atoms in total. The molecular weight excluding hydrogens is 420 g/mol. The first-order valence-electron chi connectivity index (χ1n) is 11.5. The lowest BCUT2D eigenvalue weighted by molar-refractivity contribution is 0.0912. The third-order valence-electron chi connectivity index (χ3n) is 7.36. The summed E-state index contributed by atoms with van der Waals surface area (Å²) < 4.78 is 56.0. The van der Waals surface area contributed by atoms with E-state index in [0.29, 0.717) is 17.8 Å². The van der Waals surface area contributed by atoms with Gasteiger partial charge in [-0.2, -0.15) is 0 Å². The molecule has 2 fully saturated rings. The zero-order chi connectivity index (χ0) is 21.8. The van der Waals surface area contributed by atoms with Crippen LogP contribution in [0, 0.1) is 29.4 Å². The monoisotopic (exact) mass is 450 g/mol. The summed E-state index contributed by atoms with van der Waals surface area (Å²) in [6.07, 6.45) is 6.15. The van der Waals surface area contributed by atoms with Gasteiger partial charge in [-0.25, -0.2) is 17.6 Å². The first-order valence-corrected chi connectivity index (χ1v) is 12.3. The Kier molecular flexibility index (Phi) is 7.63. The van der Waals surface area contributed by atoms with Crippen LogP contribution in [-0.4, -0.2) is 11.7 Å². The minimum atomic E-state index is -1.52. The van der Waals surface area contributed by atoms with Crippen LogP contribution in [0.1, 0.15) is 62.8 Å². The van der Waals surface area contributed by atoms with E-state index >= 15 is 0 Å². The molecule has 2 atom stereocenters. The van der Waals surface area contributed by atoms with Crippen LogP contribution < -0.4 is 0 Å². The number of hydrogen-bond donors (Lipinski definition) is 0. The van der Waals surface area contributed by atoms with Crippen molar-refractivity contribution in [3.05, 3.63) is 65.7 Å². The van der Waals surface area contributed by atoms with Crippen molar-refractivity contribution in [3.63, 3.8) is 0 Å². The molecule has 2 saturated carbocycles. The molecule has 0 radical (unpaired) electrons. The van der Waals surface area contributed by atoms with Gasteiger partial charge in [0.05, 0.1) is 0 Å². The van der Waals surface area contributed by atoms with Crippen LogP contribution in [0.5, 0.6) is 0 Å². The first kappa shape index (κ1) is 22.7. The molecule has 4 rings (SSSR count). The molecule has 5 heteroatoms. The molecule has 2 aromatic carbocycles. The van der Waals surface area contributed by atoms with Gasteiger partial charge in [0.25, 0.3) is 0 Å². The van der Waals surface area contributed by atoms with E-state index in [-0.39, 0.29) is 5.92 Å². The van der Waals surface area contributed by atoms with Crippen LogP contribution in [0.2, 0.25) is 0 Å². The van der Waals surface area contributed by atoms with Crippen LogP contribution in [0.15, 0.2) is 53.4 Å². The minimum Gasteiger partial charge on any atom is -0.243 e. The van der Waals surface area contributed by atoms with E-state index in [9.17, 15) is 17.6 Å². The second-order valence-corrected chi connectivity index (χ2v) is 10.3. The second kappa shape index (κ2) is 10.4. The fourth-order valence-corrected chi connectivity index (χ4v) is 6.46. The summed E-state index contributed by atoms with van der Waals surface area (Å²) in [5, 5.41) is 0. The van der Waals surface area contributed by atoms with Crippen molar-refractivity contribution >= 4 is 11.8 Å². The van der Waals surface area contributed by atoms with Gasteiger partial charge in [-0.15, -0.1) is 0 Å². The van der Waals surface area contributed by atoms with E-state index < -0.39 is 23.3 Å².